The highest BCUT2D eigenvalue weighted by Crippen LogP contribution is 2.23. The maximum absolute atomic E-state index is 13.1. The second kappa shape index (κ2) is 9.96. The Bertz CT molecular complexity index is 1030. The standard InChI is InChI=1S/C23H27N5O2S/c1-31-16-12-19(21-26-25-20-9-5-6-13-28(20)21)24-22(29)17-10-14-27(15-11-17)23(30)18-7-3-2-4-8-18/h2-9,13,17,19H,10-12,14-16H2,1H3,(H,24,29). The number of likely N-dealkylation sites (tertiary alicyclic amines) is 1. The van der Waals surface area contributed by atoms with Crippen molar-refractivity contribution in [3.8, 4) is 0 Å². The molecular weight excluding hydrogens is 410 g/mol. The zero-order valence-corrected chi connectivity index (χ0v) is 18.4. The third-order valence-corrected chi connectivity index (χ3v) is 6.40. The van der Waals surface area contributed by atoms with Gasteiger partial charge in [0.05, 0.1) is 6.04 Å². The molecule has 2 amide bonds. The number of hydrogen-bond acceptors (Lipinski definition) is 5. The van der Waals surface area contributed by atoms with Gasteiger partial charge >= 0.3 is 0 Å². The average Bonchev–Trinajstić information content (AvgIpc) is 3.26. The molecule has 1 saturated heterocycles. The number of thioether (sulfide) groups is 1. The lowest BCUT2D eigenvalue weighted by Crippen LogP contribution is -2.44. The van der Waals surface area contributed by atoms with Crippen molar-refractivity contribution in [3.05, 3.63) is 66.1 Å². The SMILES string of the molecule is CSCCC(NC(=O)C1CCN(C(=O)c2ccccc2)CC1)c1nnc2ccccn12. The van der Waals surface area contributed by atoms with Gasteiger partial charge in [-0.2, -0.15) is 11.8 Å². The first-order valence-electron chi connectivity index (χ1n) is 10.6. The summed E-state index contributed by atoms with van der Waals surface area (Å²) in [5, 5.41) is 11.8. The molecule has 1 aliphatic rings. The first-order valence-corrected chi connectivity index (χ1v) is 12.0. The van der Waals surface area contributed by atoms with E-state index in [4.69, 9.17) is 0 Å². The molecule has 2 aromatic heterocycles. The largest absolute Gasteiger partial charge is 0.346 e. The van der Waals surface area contributed by atoms with Crippen LogP contribution >= 0.6 is 11.8 Å². The number of nitrogens with one attached hydrogen (secondary N) is 1. The molecule has 31 heavy (non-hydrogen) atoms. The summed E-state index contributed by atoms with van der Waals surface area (Å²) in [7, 11) is 0. The van der Waals surface area contributed by atoms with E-state index in [2.05, 4.69) is 21.8 Å². The van der Waals surface area contributed by atoms with E-state index in [1.54, 1.807) is 11.8 Å². The highest BCUT2D eigenvalue weighted by atomic mass is 32.2. The lowest BCUT2D eigenvalue weighted by molar-refractivity contribution is -0.127. The molecule has 1 aliphatic heterocycles. The third-order valence-electron chi connectivity index (χ3n) is 5.75. The number of benzene rings is 1. The van der Waals surface area contributed by atoms with Crippen LogP contribution in [0.5, 0.6) is 0 Å². The van der Waals surface area contributed by atoms with Crippen molar-refractivity contribution in [2.24, 2.45) is 5.92 Å². The summed E-state index contributed by atoms with van der Waals surface area (Å²) in [6.45, 7) is 1.18. The number of fused-ring (bicyclic) bond motifs is 1. The topological polar surface area (TPSA) is 79.6 Å². The van der Waals surface area contributed by atoms with Crippen molar-refractivity contribution < 1.29 is 9.59 Å². The summed E-state index contributed by atoms with van der Waals surface area (Å²) in [6, 6.07) is 14.9. The van der Waals surface area contributed by atoms with Gasteiger partial charge in [0.15, 0.2) is 11.5 Å². The molecule has 1 fully saturated rings. The predicted molar refractivity (Wildman–Crippen MR) is 122 cm³/mol. The Morgan fingerprint density at radius 2 is 1.84 bits per heavy atom. The van der Waals surface area contributed by atoms with Gasteiger partial charge in [-0.05, 0) is 55.5 Å². The molecule has 1 N–H and O–H groups in total. The zero-order chi connectivity index (χ0) is 21.6. The Balaban J connectivity index is 1.40. The summed E-state index contributed by atoms with van der Waals surface area (Å²) in [4.78, 5) is 27.6. The summed E-state index contributed by atoms with van der Waals surface area (Å²) >= 11 is 1.74. The van der Waals surface area contributed by atoms with Gasteiger partial charge in [0.2, 0.25) is 5.91 Å². The smallest absolute Gasteiger partial charge is 0.253 e. The van der Waals surface area contributed by atoms with Gasteiger partial charge in [-0.15, -0.1) is 10.2 Å². The molecule has 0 aliphatic carbocycles. The van der Waals surface area contributed by atoms with Crippen molar-refractivity contribution >= 4 is 29.2 Å². The molecule has 0 spiro atoms. The predicted octanol–water partition coefficient (Wildman–Crippen LogP) is 3.19. The number of rotatable bonds is 7. The normalized spacial score (nSPS) is 15.7. The maximum atomic E-state index is 13.1. The number of carbonyl (C=O) groups is 2. The Hall–Kier alpha value is -2.87. The highest BCUT2D eigenvalue weighted by molar-refractivity contribution is 7.98. The summed E-state index contributed by atoms with van der Waals surface area (Å²) in [5.74, 6) is 1.64. The van der Waals surface area contributed by atoms with Crippen molar-refractivity contribution in [2.45, 2.75) is 25.3 Å². The van der Waals surface area contributed by atoms with Gasteiger partial charge < -0.3 is 10.2 Å². The molecule has 0 radical (unpaired) electrons. The molecule has 0 saturated carbocycles. The van der Waals surface area contributed by atoms with Crippen LogP contribution in [0.4, 0.5) is 0 Å². The van der Waals surface area contributed by atoms with Crippen LogP contribution in [0.15, 0.2) is 54.7 Å². The van der Waals surface area contributed by atoms with E-state index < -0.39 is 0 Å². The lowest BCUT2D eigenvalue weighted by atomic mass is 9.95. The van der Waals surface area contributed by atoms with Gasteiger partial charge in [-0.1, -0.05) is 24.3 Å². The average molecular weight is 438 g/mol. The van der Waals surface area contributed by atoms with Crippen LogP contribution in [0.2, 0.25) is 0 Å². The quantitative estimate of drug-likeness (QED) is 0.614. The Kier molecular flexibility index (Phi) is 6.86. The number of nitrogens with zero attached hydrogens (tertiary/aromatic N) is 4. The third kappa shape index (κ3) is 4.90. The number of hydrogen-bond donors (Lipinski definition) is 1. The summed E-state index contributed by atoms with van der Waals surface area (Å²) < 4.78 is 1.94. The van der Waals surface area contributed by atoms with Gasteiger partial charge in [0.1, 0.15) is 0 Å². The molecule has 1 aromatic carbocycles. The van der Waals surface area contributed by atoms with Crippen molar-refractivity contribution in [3.63, 3.8) is 0 Å². The fourth-order valence-corrected chi connectivity index (χ4v) is 4.47. The van der Waals surface area contributed by atoms with Gasteiger partial charge in [0.25, 0.3) is 5.91 Å². The van der Waals surface area contributed by atoms with Crippen LogP contribution in [0.25, 0.3) is 5.65 Å². The Labute approximate surface area is 186 Å². The fourth-order valence-electron chi connectivity index (χ4n) is 4.00. The minimum atomic E-state index is -0.193. The first-order chi connectivity index (χ1) is 15.2. The number of pyridine rings is 1. The molecule has 4 rings (SSSR count). The zero-order valence-electron chi connectivity index (χ0n) is 17.6. The molecule has 3 heterocycles. The van der Waals surface area contributed by atoms with Crippen LogP contribution < -0.4 is 5.32 Å². The minimum absolute atomic E-state index is 0.0330. The molecule has 7 nitrogen and oxygen atoms in total. The van der Waals surface area contributed by atoms with Crippen LogP contribution in [0.3, 0.4) is 0 Å². The van der Waals surface area contributed by atoms with E-state index in [9.17, 15) is 9.59 Å². The van der Waals surface area contributed by atoms with E-state index in [0.29, 0.717) is 31.5 Å². The van der Waals surface area contributed by atoms with E-state index in [1.807, 2.05) is 64.0 Å². The molecule has 3 aromatic rings. The minimum Gasteiger partial charge on any atom is -0.346 e. The van der Waals surface area contributed by atoms with Gasteiger partial charge in [0, 0.05) is 30.8 Å². The van der Waals surface area contributed by atoms with Gasteiger partial charge in [-0.3, -0.25) is 14.0 Å². The lowest BCUT2D eigenvalue weighted by Gasteiger charge is -2.32. The van der Waals surface area contributed by atoms with E-state index in [0.717, 1.165) is 23.6 Å². The van der Waals surface area contributed by atoms with Crippen LogP contribution in [-0.4, -0.2) is 56.4 Å². The molecule has 162 valence electrons. The summed E-state index contributed by atoms with van der Waals surface area (Å²) in [6.07, 6.45) is 6.10. The molecular formula is C23H27N5O2S. The molecule has 1 atom stereocenters. The maximum Gasteiger partial charge on any atom is 0.253 e. The van der Waals surface area contributed by atoms with E-state index in [-0.39, 0.29) is 23.8 Å². The number of aromatic nitrogens is 3. The number of carbonyl (C=O) groups excluding carboxylic acids is 2. The monoisotopic (exact) mass is 437 g/mol. The molecule has 0 bridgehead atoms. The second-order valence-electron chi connectivity index (χ2n) is 7.76. The second-order valence-corrected chi connectivity index (χ2v) is 8.75. The molecule has 1 unspecified atom stereocenters. The van der Waals surface area contributed by atoms with Crippen molar-refractivity contribution in [1.82, 2.24) is 24.8 Å². The van der Waals surface area contributed by atoms with E-state index in [1.165, 1.54) is 0 Å². The first kappa shape index (κ1) is 21.4. The van der Waals surface area contributed by atoms with Gasteiger partial charge in [-0.25, -0.2) is 0 Å². The Morgan fingerprint density at radius 3 is 2.58 bits per heavy atom. The van der Waals surface area contributed by atoms with Crippen LogP contribution in [0, 0.1) is 5.92 Å². The highest BCUT2D eigenvalue weighted by Gasteiger charge is 2.30. The van der Waals surface area contributed by atoms with Crippen molar-refractivity contribution in [2.75, 3.05) is 25.1 Å². The summed E-state index contributed by atoms with van der Waals surface area (Å²) in [5.41, 5.74) is 1.47. The number of piperidine rings is 1. The molecule has 8 heteroatoms. The number of amides is 2. The van der Waals surface area contributed by atoms with E-state index >= 15 is 0 Å². The van der Waals surface area contributed by atoms with Crippen LogP contribution in [-0.2, 0) is 4.79 Å². The fraction of sp³-hybridized carbons (Fsp3) is 0.391. The van der Waals surface area contributed by atoms with Crippen molar-refractivity contribution in [1.29, 1.82) is 0 Å². The van der Waals surface area contributed by atoms with Crippen LogP contribution in [0.1, 0.15) is 41.5 Å². The Morgan fingerprint density at radius 1 is 1.10 bits per heavy atom.